The van der Waals surface area contributed by atoms with Crippen molar-refractivity contribution in [3.63, 3.8) is 0 Å². The Kier molecular flexibility index (Phi) is 4.80. The van der Waals surface area contributed by atoms with Gasteiger partial charge < -0.3 is 20.3 Å². The number of hydrogen-bond acceptors (Lipinski definition) is 5. The molecule has 0 aromatic heterocycles. The first-order valence-corrected chi connectivity index (χ1v) is 9.47. The molecule has 4 aromatic rings. The third kappa shape index (κ3) is 3.31. The third-order valence-corrected chi connectivity index (χ3v) is 4.96. The van der Waals surface area contributed by atoms with Gasteiger partial charge in [-0.2, -0.15) is 0 Å². The van der Waals surface area contributed by atoms with Crippen LogP contribution in [0.3, 0.4) is 0 Å². The lowest BCUT2D eigenvalue weighted by Crippen LogP contribution is -2.08. The number of carbonyl (C=O) groups is 1. The zero-order valence-corrected chi connectivity index (χ0v) is 16.7. The Hall–Kier alpha value is -3.99. The number of phenols is 2. The molecule has 0 aliphatic heterocycles. The highest BCUT2D eigenvalue weighted by atomic mass is 16.5. The summed E-state index contributed by atoms with van der Waals surface area (Å²) in [4.78, 5) is 12.1. The predicted octanol–water partition coefficient (Wildman–Crippen LogP) is 5.94. The number of benzene rings is 4. The summed E-state index contributed by atoms with van der Waals surface area (Å²) in [5, 5.41) is 27.0. The van der Waals surface area contributed by atoms with Gasteiger partial charge in [0.2, 0.25) is 0 Å². The van der Waals surface area contributed by atoms with Crippen LogP contribution in [-0.2, 0) is 4.79 Å². The lowest BCUT2D eigenvalue weighted by molar-refractivity contribution is -0.129. The zero-order chi connectivity index (χ0) is 21.4. The molecule has 0 fully saturated rings. The highest BCUT2D eigenvalue weighted by Gasteiger charge is 2.21. The van der Waals surface area contributed by atoms with Crippen LogP contribution in [0.2, 0.25) is 0 Å². The Balaban J connectivity index is 2.00. The van der Waals surface area contributed by atoms with Crippen molar-refractivity contribution in [2.24, 2.45) is 0 Å². The Morgan fingerprint density at radius 3 is 2.10 bits per heavy atom. The van der Waals surface area contributed by atoms with E-state index in [1.807, 2.05) is 31.2 Å². The molecule has 0 saturated heterocycles. The van der Waals surface area contributed by atoms with Crippen molar-refractivity contribution in [3.05, 3.63) is 78.4 Å². The van der Waals surface area contributed by atoms with Crippen LogP contribution in [0.1, 0.15) is 12.5 Å². The second-order valence-corrected chi connectivity index (χ2v) is 7.26. The Morgan fingerprint density at radius 1 is 0.900 bits per heavy atom. The lowest BCUT2D eigenvalue weighted by atomic mass is 9.98. The molecular weight excluding hydrogens is 378 g/mol. The van der Waals surface area contributed by atoms with Crippen LogP contribution in [0.5, 0.6) is 17.2 Å². The number of esters is 1. The van der Waals surface area contributed by atoms with Crippen molar-refractivity contribution in [3.8, 4) is 17.2 Å². The largest absolute Gasteiger partial charge is 0.507 e. The van der Waals surface area contributed by atoms with E-state index in [2.05, 4.69) is 11.9 Å². The van der Waals surface area contributed by atoms with Gasteiger partial charge in [-0.15, -0.1) is 0 Å². The third-order valence-electron chi connectivity index (χ3n) is 4.96. The summed E-state index contributed by atoms with van der Waals surface area (Å²) in [5.74, 6) is -0.551. The van der Waals surface area contributed by atoms with Gasteiger partial charge in [-0.1, -0.05) is 48.5 Å². The second kappa shape index (κ2) is 7.44. The van der Waals surface area contributed by atoms with Crippen molar-refractivity contribution in [2.75, 3.05) is 5.32 Å². The number of rotatable bonds is 4. The maximum atomic E-state index is 12.1. The van der Waals surface area contributed by atoms with Crippen LogP contribution in [-0.4, -0.2) is 16.2 Å². The average molecular weight is 399 g/mol. The van der Waals surface area contributed by atoms with Crippen molar-refractivity contribution in [1.29, 1.82) is 0 Å². The minimum absolute atomic E-state index is 0.0127. The molecule has 0 heterocycles. The van der Waals surface area contributed by atoms with E-state index < -0.39 is 5.97 Å². The summed E-state index contributed by atoms with van der Waals surface area (Å²) in [6.07, 6.45) is 0. The molecule has 0 spiro atoms. The van der Waals surface area contributed by atoms with E-state index in [0.29, 0.717) is 21.8 Å². The minimum atomic E-state index is -0.609. The Morgan fingerprint density at radius 2 is 1.50 bits per heavy atom. The first kappa shape index (κ1) is 19.3. The fourth-order valence-corrected chi connectivity index (χ4v) is 3.40. The van der Waals surface area contributed by atoms with Gasteiger partial charge >= 0.3 is 5.97 Å². The van der Waals surface area contributed by atoms with Crippen LogP contribution in [0.25, 0.3) is 21.5 Å². The highest BCUT2D eigenvalue weighted by molar-refractivity contribution is 6.17. The molecule has 0 aliphatic rings. The van der Waals surface area contributed by atoms with E-state index in [-0.39, 0.29) is 28.2 Å². The van der Waals surface area contributed by atoms with E-state index in [1.165, 1.54) is 0 Å². The number of nitrogens with one attached hydrogen (secondary N) is 1. The second-order valence-electron chi connectivity index (χ2n) is 7.26. The van der Waals surface area contributed by atoms with Crippen LogP contribution >= 0.6 is 0 Å². The average Bonchev–Trinajstić information content (AvgIpc) is 2.74. The number of fused-ring (bicyclic) bond motifs is 2. The number of ether oxygens (including phenoxy) is 1. The first-order valence-electron chi connectivity index (χ1n) is 9.47. The molecule has 150 valence electrons. The predicted molar refractivity (Wildman–Crippen MR) is 120 cm³/mol. The van der Waals surface area contributed by atoms with E-state index in [1.54, 1.807) is 43.3 Å². The van der Waals surface area contributed by atoms with Crippen molar-refractivity contribution in [1.82, 2.24) is 0 Å². The van der Waals surface area contributed by atoms with Gasteiger partial charge in [-0.05, 0) is 38.1 Å². The van der Waals surface area contributed by atoms with E-state index in [4.69, 9.17) is 4.74 Å². The first-order chi connectivity index (χ1) is 14.4. The fourth-order valence-electron chi connectivity index (χ4n) is 3.40. The summed E-state index contributed by atoms with van der Waals surface area (Å²) >= 11 is 0. The molecule has 5 heteroatoms. The number of anilines is 2. The van der Waals surface area contributed by atoms with E-state index in [0.717, 1.165) is 11.3 Å². The van der Waals surface area contributed by atoms with Gasteiger partial charge in [0.1, 0.15) is 17.2 Å². The zero-order valence-electron chi connectivity index (χ0n) is 16.7. The van der Waals surface area contributed by atoms with Gasteiger partial charge in [-0.25, -0.2) is 4.79 Å². The van der Waals surface area contributed by atoms with Gasteiger partial charge in [0, 0.05) is 22.0 Å². The number of aromatic hydroxyl groups is 2. The molecule has 4 aromatic carbocycles. The number of aryl methyl sites for hydroxylation is 1. The molecule has 4 rings (SSSR count). The highest BCUT2D eigenvalue weighted by Crippen LogP contribution is 2.48. The van der Waals surface area contributed by atoms with Crippen molar-refractivity contribution < 1.29 is 19.7 Å². The van der Waals surface area contributed by atoms with Crippen molar-refractivity contribution in [2.45, 2.75) is 13.8 Å². The van der Waals surface area contributed by atoms with Gasteiger partial charge in [-0.3, -0.25) is 0 Å². The lowest BCUT2D eigenvalue weighted by Gasteiger charge is -2.17. The van der Waals surface area contributed by atoms with E-state index in [9.17, 15) is 15.0 Å². The molecule has 0 bridgehead atoms. The normalized spacial score (nSPS) is 10.9. The number of carbonyl (C=O) groups excluding carboxylic acids is 1. The van der Waals surface area contributed by atoms with E-state index >= 15 is 0 Å². The SMILES string of the molecule is C=C(C)C(=O)Oc1ccc(Nc2ccc(C)cc2)c2c(O)c3ccccc3c(O)c12. The Labute approximate surface area is 173 Å². The minimum Gasteiger partial charge on any atom is -0.507 e. The molecular formula is C25H21NO4. The van der Waals surface area contributed by atoms with Crippen molar-refractivity contribution >= 4 is 38.9 Å². The summed E-state index contributed by atoms with van der Waals surface area (Å²) in [5.41, 5.74) is 2.75. The monoisotopic (exact) mass is 399 g/mol. The molecule has 30 heavy (non-hydrogen) atoms. The quantitative estimate of drug-likeness (QED) is 0.130. The number of hydrogen-bond donors (Lipinski definition) is 3. The maximum Gasteiger partial charge on any atom is 0.338 e. The van der Waals surface area contributed by atoms with Crippen LogP contribution in [0.4, 0.5) is 11.4 Å². The van der Waals surface area contributed by atoms with Gasteiger partial charge in [0.25, 0.3) is 0 Å². The fraction of sp³-hybridized carbons (Fsp3) is 0.0800. The standard InChI is InChI=1S/C25H21NO4/c1-14(2)25(29)30-20-13-12-19(26-16-10-8-15(3)9-11-16)21-22(20)24(28)18-7-5-4-6-17(18)23(21)27/h4-13,26-28H,1H2,2-3H3. The smallest absolute Gasteiger partial charge is 0.338 e. The van der Waals surface area contributed by atoms with Crippen LogP contribution < -0.4 is 10.1 Å². The van der Waals surface area contributed by atoms with Gasteiger partial charge in [0.15, 0.2) is 0 Å². The maximum absolute atomic E-state index is 12.1. The summed E-state index contributed by atoms with van der Waals surface area (Å²) in [6, 6.07) is 18.1. The summed E-state index contributed by atoms with van der Waals surface area (Å²) in [7, 11) is 0. The summed E-state index contributed by atoms with van der Waals surface area (Å²) in [6.45, 7) is 7.15. The van der Waals surface area contributed by atoms with Crippen LogP contribution in [0, 0.1) is 6.92 Å². The Bertz CT molecular complexity index is 1310. The number of phenolic OH excluding ortho intramolecular Hbond substituents is 2. The topological polar surface area (TPSA) is 78.8 Å². The molecule has 0 atom stereocenters. The molecule has 0 saturated carbocycles. The van der Waals surface area contributed by atoms with Crippen LogP contribution in [0.15, 0.2) is 72.8 Å². The molecule has 5 nitrogen and oxygen atoms in total. The molecule has 3 N–H and O–H groups in total. The summed E-state index contributed by atoms with van der Waals surface area (Å²) < 4.78 is 5.46. The van der Waals surface area contributed by atoms with Gasteiger partial charge in [0.05, 0.1) is 16.5 Å². The molecule has 0 unspecified atom stereocenters. The molecule has 0 amide bonds. The molecule has 0 aliphatic carbocycles. The molecule has 0 radical (unpaired) electrons.